The lowest BCUT2D eigenvalue weighted by Gasteiger charge is -2.37. The fourth-order valence-electron chi connectivity index (χ4n) is 2.71. The molecule has 0 aromatic carbocycles. The van der Waals surface area contributed by atoms with Crippen LogP contribution in [0.25, 0.3) is 0 Å². The van der Waals surface area contributed by atoms with E-state index < -0.39 is 21.3 Å². The summed E-state index contributed by atoms with van der Waals surface area (Å²) in [6, 6.07) is 0. The zero-order chi connectivity index (χ0) is 16.1. The third kappa shape index (κ3) is 4.58. The van der Waals surface area contributed by atoms with E-state index in [0.717, 1.165) is 32.1 Å². The minimum atomic E-state index is -5.83. The number of carbonyl (C=O) groups excluding carboxylic acids is 1. The second-order valence-electron chi connectivity index (χ2n) is 5.41. The highest BCUT2D eigenvalue weighted by molar-refractivity contribution is 7.87. The Bertz CT molecular complexity index is 451. The third-order valence-corrected chi connectivity index (χ3v) is 4.80. The van der Waals surface area contributed by atoms with E-state index in [1.807, 2.05) is 0 Å². The average Bonchev–Trinajstić information content (AvgIpc) is 2.38. The molecule has 1 aliphatic carbocycles. The summed E-state index contributed by atoms with van der Waals surface area (Å²) < 4.78 is 59.3. The molecule has 124 valence electrons. The Balaban J connectivity index is 2.56. The van der Waals surface area contributed by atoms with Crippen LogP contribution in [0.1, 0.15) is 44.9 Å². The molecule has 0 aliphatic heterocycles. The molecule has 0 heterocycles. The maximum absolute atomic E-state index is 13.0. The molecule has 0 amide bonds. The van der Waals surface area contributed by atoms with Gasteiger partial charge >= 0.3 is 21.3 Å². The summed E-state index contributed by atoms with van der Waals surface area (Å²) in [6.07, 6.45) is 5.34. The van der Waals surface area contributed by atoms with Crippen LogP contribution in [0.3, 0.4) is 0 Å². The lowest BCUT2D eigenvalue weighted by atomic mass is 9.70. The first kappa shape index (κ1) is 18.2. The number of rotatable bonds is 7. The Morgan fingerprint density at radius 1 is 1.19 bits per heavy atom. The molecule has 1 fully saturated rings. The highest BCUT2D eigenvalue weighted by Crippen LogP contribution is 2.42. The monoisotopic (exact) mass is 330 g/mol. The molecule has 0 atom stereocenters. The summed E-state index contributed by atoms with van der Waals surface area (Å²) in [5.41, 5.74) is -0.263. The van der Waals surface area contributed by atoms with Crippen molar-refractivity contribution < 1.29 is 36.4 Å². The first-order chi connectivity index (χ1) is 9.65. The lowest BCUT2D eigenvalue weighted by molar-refractivity contribution is -0.162. The van der Waals surface area contributed by atoms with Gasteiger partial charge in [0, 0.05) is 6.61 Å². The lowest BCUT2D eigenvalue weighted by Crippen LogP contribution is -2.39. The molecule has 1 aliphatic rings. The van der Waals surface area contributed by atoms with Gasteiger partial charge < -0.3 is 9.84 Å². The molecule has 6 nitrogen and oxygen atoms in total. The normalized spacial score (nSPS) is 19.2. The first-order valence-electron chi connectivity index (χ1n) is 6.78. The maximum atomic E-state index is 13.0. The van der Waals surface area contributed by atoms with E-state index in [0.29, 0.717) is 6.42 Å². The van der Waals surface area contributed by atoms with Gasteiger partial charge in [0.1, 0.15) is 0 Å². The topological polar surface area (TPSA) is 101 Å². The Hall–Kier alpha value is -0.800. The molecule has 0 spiro atoms. The molecule has 0 bridgehead atoms. The van der Waals surface area contributed by atoms with E-state index in [-0.39, 0.29) is 25.0 Å². The van der Waals surface area contributed by atoms with E-state index in [2.05, 4.69) is 4.74 Å². The zero-order valence-corrected chi connectivity index (χ0v) is 12.4. The number of hydrogen-bond donors (Lipinski definition) is 2. The molecular formula is C12H20F2O6S. The highest BCUT2D eigenvalue weighted by atomic mass is 32.2. The molecule has 0 saturated heterocycles. The first-order valence-corrected chi connectivity index (χ1v) is 8.22. The molecule has 0 unspecified atom stereocenters. The summed E-state index contributed by atoms with van der Waals surface area (Å²) in [5, 5.41) is 4.13. The van der Waals surface area contributed by atoms with Gasteiger partial charge in [-0.2, -0.15) is 17.2 Å². The smallest absolute Gasteiger partial charge is 0.460 e. The average molecular weight is 330 g/mol. The van der Waals surface area contributed by atoms with Gasteiger partial charge in [0.25, 0.3) is 0 Å². The van der Waals surface area contributed by atoms with Crippen LogP contribution in [0.2, 0.25) is 0 Å². The van der Waals surface area contributed by atoms with Gasteiger partial charge in [-0.1, -0.05) is 19.3 Å². The summed E-state index contributed by atoms with van der Waals surface area (Å²) in [7, 11) is -5.83. The van der Waals surface area contributed by atoms with Crippen LogP contribution in [0.5, 0.6) is 0 Å². The predicted molar refractivity (Wildman–Crippen MR) is 69.3 cm³/mol. The van der Waals surface area contributed by atoms with Gasteiger partial charge in [-0.25, -0.2) is 4.79 Å². The largest absolute Gasteiger partial charge is 0.465 e. The van der Waals surface area contributed by atoms with Gasteiger partial charge in [-0.15, -0.1) is 0 Å². The minimum Gasteiger partial charge on any atom is -0.460 e. The Morgan fingerprint density at radius 2 is 1.76 bits per heavy atom. The van der Waals surface area contributed by atoms with Crippen molar-refractivity contribution in [1.29, 1.82) is 0 Å². The van der Waals surface area contributed by atoms with Gasteiger partial charge in [0.05, 0.1) is 6.61 Å². The number of aliphatic hydroxyl groups is 1. The van der Waals surface area contributed by atoms with E-state index in [1.165, 1.54) is 0 Å². The van der Waals surface area contributed by atoms with E-state index in [1.54, 1.807) is 0 Å². The summed E-state index contributed by atoms with van der Waals surface area (Å²) in [5.74, 6) is -2.28. The SMILES string of the molecule is O=C(OCCC1(CCO)CCCCC1)C(F)(F)S(=O)(=O)O. The fraction of sp³-hybridized carbons (Fsp3) is 0.917. The Labute approximate surface area is 122 Å². The molecule has 9 heteroatoms. The van der Waals surface area contributed by atoms with E-state index >= 15 is 0 Å². The molecule has 1 saturated carbocycles. The second kappa shape index (κ2) is 6.97. The standard InChI is InChI=1S/C12H20F2O6S/c13-12(14,21(17,18)19)10(16)20-9-7-11(6-8-15)4-2-1-3-5-11/h15H,1-9H2,(H,17,18,19). The maximum Gasteiger partial charge on any atom is 0.465 e. The molecule has 0 aromatic heterocycles. The molecule has 21 heavy (non-hydrogen) atoms. The van der Waals surface area contributed by atoms with Crippen molar-refractivity contribution in [3.8, 4) is 0 Å². The predicted octanol–water partition coefficient (Wildman–Crippen LogP) is 1.73. The van der Waals surface area contributed by atoms with Crippen molar-refractivity contribution in [2.75, 3.05) is 13.2 Å². The molecule has 1 rings (SSSR count). The summed E-state index contributed by atoms with van der Waals surface area (Å²) >= 11 is 0. The van der Waals surface area contributed by atoms with Crippen molar-refractivity contribution in [2.45, 2.75) is 50.2 Å². The van der Waals surface area contributed by atoms with E-state index in [4.69, 9.17) is 9.66 Å². The number of alkyl halides is 2. The third-order valence-electron chi connectivity index (χ3n) is 3.98. The van der Waals surface area contributed by atoms with Gasteiger partial charge in [-0.3, -0.25) is 4.55 Å². The summed E-state index contributed by atoms with van der Waals surface area (Å²) in [4.78, 5) is 11.1. The number of carbonyl (C=O) groups is 1. The van der Waals surface area contributed by atoms with Gasteiger partial charge in [-0.05, 0) is 31.1 Å². The van der Waals surface area contributed by atoms with Crippen LogP contribution in [-0.4, -0.2) is 42.5 Å². The van der Waals surface area contributed by atoms with Crippen molar-refractivity contribution in [3.63, 3.8) is 0 Å². The molecule has 2 N–H and O–H groups in total. The van der Waals surface area contributed by atoms with Gasteiger partial charge in [0.2, 0.25) is 0 Å². The molecule has 0 aromatic rings. The quantitative estimate of drug-likeness (QED) is 0.544. The van der Waals surface area contributed by atoms with Crippen LogP contribution < -0.4 is 0 Å². The number of halogens is 2. The summed E-state index contributed by atoms with van der Waals surface area (Å²) in [6.45, 7) is -0.418. The van der Waals surface area contributed by atoms with Crippen LogP contribution in [0, 0.1) is 5.41 Å². The molecular weight excluding hydrogens is 310 g/mol. The minimum absolute atomic E-state index is 0.0465. The second-order valence-corrected chi connectivity index (χ2v) is 6.87. The highest BCUT2D eigenvalue weighted by Gasteiger charge is 2.54. The van der Waals surface area contributed by atoms with Gasteiger partial charge in [0.15, 0.2) is 0 Å². The Morgan fingerprint density at radius 3 is 2.24 bits per heavy atom. The number of hydrogen-bond acceptors (Lipinski definition) is 5. The Kier molecular flexibility index (Phi) is 6.06. The number of aliphatic hydroxyl groups excluding tert-OH is 1. The van der Waals surface area contributed by atoms with Crippen molar-refractivity contribution >= 4 is 16.1 Å². The number of esters is 1. The van der Waals surface area contributed by atoms with Crippen molar-refractivity contribution in [2.24, 2.45) is 5.41 Å². The van der Waals surface area contributed by atoms with E-state index in [9.17, 15) is 22.0 Å². The number of ether oxygens (including phenoxy) is 1. The van der Waals surface area contributed by atoms with Crippen LogP contribution in [0.15, 0.2) is 0 Å². The van der Waals surface area contributed by atoms with Crippen LogP contribution in [-0.2, 0) is 19.6 Å². The van der Waals surface area contributed by atoms with Crippen molar-refractivity contribution in [3.05, 3.63) is 0 Å². The fourth-order valence-corrected chi connectivity index (χ4v) is 2.98. The van der Waals surface area contributed by atoms with Crippen LogP contribution >= 0.6 is 0 Å². The van der Waals surface area contributed by atoms with Crippen LogP contribution in [0.4, 0.5) is 8.78 Å². The molecule has 0 radical (unpaired) electrons. The van der Waals surface area contributed by atoms with Crippen molar-refractivity contribution in [1.82, 2.24) is 0 Å². The zero-order valence-electron chi connectivity index (χ0n) is 11.6.